The van der Waals surface area contributed by atoms with Crippen molar-refractivity contribution in [2.24, 2.45) is 0 Å². The molecule has 0 amide bonds. The second-order valence-electron chi connectivity index (χ2n) is 6.53. The minimum atomic E-state index is -0.580. The van der Waals surface area contributed by atoms with Gasteiger partial charge in [-0.3, -0.25) is 0 Å². The predicted octanol–water partition coefficient (Wildman–Crippen LogP) is 5.93. The van der Waals surface area contributed by atoms with Crippen LogP contribution in [-0.2, 0) is 0 Å². The highest BCUT2D eigenvalue weighted by Gasteiger charge is 2.24. The third-order valence-electron chi connectivity index (χ3n) is 4.48. The summed E-state index contributed by atoms with van der Waals surface area (Å²) in [5, 5.41) is 10.4. The van der Waals surface area contributed by atoms with Gasteiger partial charge in [-0.05, 0) is 25.3 Å². The van der Waals surface area contributed by atoms with E-state index in [1.807, 2.05) is 6.92 Å². The van der Waals surface area contributed by atoms with Gasteiger partial charge in [0.25, 0.3) is 0 Å². The van der Waals surface area contributed by atoms with Gasteiger partial charge in [0.2, 0.25) is 0 Å². The molecule has 0 aromatic carbocycles. The number of hydrogen-bond donors (Lipinski definition) is 1. The average molecular weight is 278 g/mol. The SMILES string of the molecule is CCCCCCCCCCCCC(C)(O)C1=CC=CC1. The van der Waals surface area contributed by atoms with E-state index >= 15 is 0 Å². The lowest BCUT2D eigenvalue weighted by atomic mass is 9.89. The van der Waals surface area contributed by atoms with Gasteiger partial charge >= 0.3 is 0 Å². The molecule has 1 atom stereocenters. The number of hydrogen-bond acceptors (Lipinski definition) is 1. The molecule has 0 bridgehead atoms. The average Bonchev–Trinajstić information content (AvgIpc) is 2.96. The Morgan fingerprint density at radius 1 is 0.950 bits per heavy atom. The van der Waals surface area contributed by atoms with E-state index in [0.29, 0.717) is 0 Å². The van der Waals surface area contributed by atoms with Gasteiger partial charge in [-0.15, -0.1) is 0 Å². The van der Waals surface area contributed by atoms with Crippen LogP contribution in [0.1, 0.15) is 90.9 Å². The Morgan fingerprint density at radius 2 is 1.50 bits per heavy atom. The molecular weight excluding hydrogens is 244 g/mol. The molecule has 20 heavy (non-hydrogen) atoms. The molecular formula is C19H34O. The first-order chi connectivity index (χ1) is 9.67. The molecule has 0 saturated heterocycles. The molecule has 1 heteroatoms. The van der Waals surface area contributed by atoms with Crippen molar-refractivity contribution in [1.29, 1.82) is 0 Å². The van der Waals surface area contributed by atoms with Crippen LogP contribution < -0.4 is 0 Å². The Bertz CT molecular complexity index is 299. The van der Waals surface area contributed by atoms with Crippen molar-refractivity contribution in [3.05, 3.63) is 23.8 Å². The third-order valence-corrected chi connectivity index (χ3v) is 4.48. The zero-order valence-electron chi connectivity index (χ0n) is 13.7. The number of rotatable bonds is 12. The van der Waals surface area contributed by atoms with E-state index in [4.69, 9.17) is 0 Å². The van der Waals surface area contributed by atoms with Crippen molar-refractivity contribution in [3.8, 4) is 0 Å². The van der Waals surface area contributed by atoms with Crippen LogP contribution in [-0.4, -0.2) is 10.7 Å². The van der Waals surface area contributed by atoms with E-state index in [0.717, 1.165) is 19.3 Å². The van der Waals surface area contributed by atoms with Crippen LogP contribution in [0.15, 0.2) is 23.8 Å². The van der Waals surface area contributed by atoms with Gasteiger partial charge in [0.15, 0.2) is 0 Å². The highest BCUT2D eigenvalue weighted by atomic mass is 16.3. The van der Waals surface area contributed by atoms with Gasteiger partial charge in [-0.1, -0.05) is 89.4 Å². The molecule has 1 nitrogen and oxygen atoms in total. The van der Waals surface area contributed by atoms with Crippen molar-refractivity contribution in [3.63, 3.8) is 0 Å². The maximum Gasteiger partial charge on any atom is 0.0834 e. The summed E-state index contributed by atoms with van der Waals surface area (Å²) in [7, 11) is 0. The van der Waals surface area contributed by atoms with E-state index in [1.165, 1.54) is 63.4 Å². The van der Waals surface area contributed by atoms with Gasteiger partial charge in [0.05, 0.1) is 5.60 Å². The van der Waals surface area contributed by atoms with E-state index in [-0.39, 0.29) is 0 Å². The summed E-state index contributed by atoms with van der Waals surface area (Å²) >= 11 is 0. The molecule has 0 saturated carbocycles. The maximum atomic E-state index is 10.4. The van der Waals surface area contributed by atoms with Crippen molar-refractivity contribution >= 4 is 0 Å². The molecule has 0 spiro atoms. The van der Waals surface area contributed by atoms with Crippen LogP contribution in [0.3, 0.4) is 0 Å². The smallest absolute Gasteiger partial charge is 0.0834 e. The summed E-state index contributed by atoms with van der Waals surface area (Å²) in [6.45, 7) is 4.24. The largest absolute Gasteiger partial charge is 0.386 e. The topological polar surface area (TPSA) is 20.2 Å². The summed E-state index contributed by atoms with van der Waals surface area (Å²) in [5.41, 5.74) is 0.609. The monoisotopic (exact) mass is 278 g/mol. The summed E-state index contributed by atoms with van der Waals surface area (Å²) in [4.78, 5) is 0. The molecule has 0 fully saturated rings. The van der Waals surface area contributed by atoms with Crippen molar-refractivity contribution in [1.82, 2.24) is 0 Å². The van der Waals surface area contributed by atoms with Crippen LogP contribution in [0, 0.1) is 0 Å². The second kappa shape index (κ2) is 10.2. The molecule has 0 aliphatic heterocycles. The predicted molar refractivity (Wildman–Crippen MR) is 88.9 cm³/mol. The third kappa shape index (κ3) is 7.28. The fourth-order valence-electron chi connectivity index (χ4n) is 2.96. The first kappa shape index (κ1) is 17.5. The molecule has 1 aliphatic rings. The van der Waals surface area contributed by atoms with Gasteiger partial charge in [0.1, 0.15) is 0 Å². The molecule has 1 unspecified atom stereocenters. The lowest BCUT2D eigenvalue weighted by Gasteiger charge is -2.25. The maximum absolute atomic E-state index is 10.4. The van der Waals surface area contributed by atoms with Crippen LogP contribution >= 0.6 is 0 Å². The lowest BCUT2D eigenvalue weighted by molar-refractivity contribution is 0.0842. The first-order valence-electron chi connectivity index (χ1n) is 8.75. The Kier molecular flexibility index (Phi) is 8.93. The minimum Gasteiger partial charge on any atom is -0.386 e. The zero-order chi connectivity index (χ0) is 14.7. The molecule has 0 aromatic heterocycles. The Balaban J connectivity index is 1.92. The van der Waals surface area contributed by atoms with E-state index in [2.05, 4.69) is 25.2 Å². The normalized spacial score (nSPS) is 17.2. The Hall–Kier alpha value is -0.560. The molecule has 0 aromatic rings. The van der Waals surface area contributed by atoms with E-state index < -0.39 is 5.60 Å². The van der Waals surface area contributed by atoms with Crippen molar-refractivity contribution < 1.29 is 5.11 Å². The van der Waals surface area contributed by atoms with Crippen LogP contribution in [0.5, 0.6) is 0 Å². The molecule has 0 radical (unpaired) electrons. The first-order valence-corrected chi connectivity index (χ1v) is 8.75. The fraction of sp³-hybridized carbons (Fsp3) is 0.789. The Morgan fingerprint density at radius 3 is 2.00 bits per heavy atom. The second-order valence-corrected chi connectivity index (χ2v) is 6.53. The number of allylic oxidation sites excluding steroid dienone is 3. The van der Waals surface area contributed by atoms with E-state index in [9.17, 15) is 5.11 Å². The van der Waals surface area contributed by atoms with Crippen LogP contribution in [0.4, 0.5) is 0 Å². The highest BCUT2D eigenvalue weighted by molar-refractivity contribution is 5.29. The van der Waals surface area contributed by atoms with Crippen LogP contribution in [0.2, 0.25) is 0 Å². The van der Waals surface area contributed by atoms with Crippen molar-refractivity contribution in [2.75, 3.05) is 0 Å². The molecule has 1 aliphatic carbocycles. The fourth-order valence-corrected chi connectivity index (χ4v) is 2.96. The molecule has 0 heterocycles. The van der Waals surface area contributed by atoms with E-state index in [1.54, 1.807) is 0 Å². The molecule has 1 N–H and O–H groups in total. The van der Waals surface area contributed by atoms with Gasteiger partial charge in [-0.25, -0.2) is 0 Å². The van der Waals surface area contributed by atoms with Gasteiger partial charge in [-0.2, -0.15) is 0 Å². The highest BCUT2D eigenvalue weighted by Crippen LogP contribution is 2.29. The van der Waals surface area contributed by atoms with Crippen molar-refractivity contribution in [2.45, 2.75) is 96.5 Å². The zero-order valence-corrected chi connectivity index (χ0v) is 13.7. The summed E-state index contributed by atoms with van der Waals surface area (Å²) < 4.78 is 0. The van der Waals surface area contributed by atoms with Gasteiger partial charge < -0.3 is 5.11 Å². The van der Waals surface area contributed by atoms with Gasteiger partial charge in [0, 0.05) is 0 Å². The summed E-state index contributed by atoms with van der Waals surface area (Å²) in [6, 6.07) is 0. The standard InChI is InChI=1S/C19H34O/c1-3-4-5-6-7-8-9-10-11-14-17-19(2,20)18-15-12-13-16-18/h12-13,15,20H,3-11,14,16-17H2,1-2H3. The summed E-state index contributed by atoms with van der Waals surface area (Å²) in [5.74, 6) is 0. The number of aliphatic hydroxyl groups is 1. The number of unbranched alkanes of at least 4 members (excludes halogenated alkanes) is 9. The van der Waals surface area contributed by atoms with Crippen LogP contribution in [0.25, 0.3) is 0 Å². The molecule has 1 rings (SSSR count). The minimum absolute atomic E-state index is 0.580. The quantitative estimate of drug-likeness (QED) is 0.438. The summed E-state index contributed by atoms with van der Waals surface area (Å²) in [6.07, 6.45) is 21.6. The Labute approximate surface area is 126 Å². The molecule has 116 valence electrons. The lowest BCUT2D eigenvalue weighted by Crippen LogP contribution is -2.26.